The second-order valence-corrected chi connectivity index (χ2v) is 7.10. The van der Waals surface area contributed by atoms with E-state index in [2.05, 4.69) is 10.2 Å². The second kappa shape index (κ2) is 9.67. The predicted molar refractivity (Wildman–Crippen MR) is 115 cm³/mol. The third kappa shape index (κ3) is 5.75. The van der Waals surface area contributed by atoms with Gasteiger partial charge in [-0.2, -0.15) is 28.2 Å². The lowest BCUT2D eigenvalue weighted by atomic mass is 10.2. The van der Waals surface area contributed by atoms with Crippen molar-refractivity contribution in [2.45, 2.75) is 26.6 Å². The maximum Gasteiger partial charge on any atom is 0.416 e. The zero-order chi connectivity index (χ0) is 23.3. The number of benzene rings is 2. The van der Waals surface area contributed by atoms with Crippen LogP contribution < -0.4 is 4.90 Å². The van der Waals surface area contributed by atoms with Crippen LogP contribution in [-0.2, 0) is 22.3 Å². The minimum absolute atomic E-state index is 0.329. The first-order valence-electron chi connectivity index (χ1n) is 9.94. The molecule has 0 fully saturated rings. The fourth-order valence-electron chi connectivity index (χ4n) is 2.96. The lowest BCUT2D eigenvalue weighted by Gasteiger charge is -2.18. The van der Waals surface area contributed by atoms with Crippen molar-refractivity contribution in [2.75, 3.05) is 18.6 Å². The van der Waals surface area contributed by atoms with Crippen LogP contribution in [0.1, 0.15) is 29.4 Å². The number of aryl methyl sites for hydroxylation is 1. The normalized spacial score (nSPS) is 11.7. The van der Waals surface area contributed by atoms with E-state index in [4.69, 9.17) is 4.74 Å². The van der Waals surface area contributed by atoms with Gasteiger partial charge in [0.25, 0.3) is 0 Å². The van der Waals surface area contributed by atoms with Gasteiger partial charge < -0.3 is 9.64 Å². The molecule has 0 saturated carbocycles. The molecule has 0 unspecified atom stereocenters. The molecule has 2 aromatic carbocycles. The number of anilines is 1. The van der Waals surface area contributed by atoms with Crippen LogP contribution in [0.2, 0.25) is 0 Å². The molecular formula is C23H23F3N4O2. The van der Waals surface area contributed by atoms with Crippen LogP contribution in [-0.4, -0.2) is 34.6 Å². The van der Waals surface area contributed by atoms with Gasteiger partial charge >= 0.3 is 12.1 Å². The van der Waals surface area contributed by atoms with Crippen molar-refractivity contribution >= 4 is 17.7 Å². The Labute approximate surface area is 183 Å². The summed E-state index contributed by atoms with van der Waals surface area (Å²) in [4.78, 5) is 14.7. The number of halogens is 3. The molecule has 0 N–H and O–H groups in total. The minimum atomic E-state index is -4.38. The van der Waals surface area contributed by atoms with Crippen LogP contribution in [0.15, 0.2) is 54.6 Å². The van der Waals surface area contributed by atoms with Crippen molar-refractivity contribution < 1.29 is 22.7 Å². The van der Waals surface area contributed by atoms with E-state index in [9.17, 15) is 18.0 Å². The van der Waals surface area contributed by atoms with Crippen molar-refractivity contribution in [3.05, 3.63) is 77.1 Å². The Balaban J connectivity index is 1.68. The Kier molecular flexibility index (Phi) is 6.97. The molecule has 32 heavy (non-hydrogen) atoms. The van der Waals surface area contributed by atoms with Gasteiger partial charge in [0.2, 0.25) is 0 Å². The quantitative estimate of drug-likeness (QED) is 0.387. The SMILES string of the molecule is CCOC(=O)/C=C/c1ccc(N(C)Cc2nn(-c3ccc(C(F)(F)F)cc3)nc2C)cc1. The van der Waals surface area contributed by atoms with Gasteiger partial charge in [0.05, 0.1) is 30.1 Å². The van der Waals surface area contributed by atoms with Crippen molar-refractivity contribution in [2.24, 2.45) is 0 Å². The van der Waals surface area contributed by atoms with Gasteiger partial charge in [-0.25, -0.2) is 4.79 Å². The summed E-state index contributed by atoms with van der Waals surface area (Å²) in [6, 6.07) is 12.3. The molecule has 0 radical (unpaired) electrons. The molecule has 0 aliphatic rings. The lowest BCUT2D eigenvalue weighted by Crippen LogP contribution is -2.17. The highest BCUT2D eigenvalue weighted by Gasteiger charge is 2.30. The highest BCUT2D eigenvalue weighted by Crippen LogP contribution is 2.29. The number of aromatic nitrogens is 3. The largest absolute Gasteiger partial charge is 0.463 e. The Morgan fingerprint density at radius 3 is 2.34 bits per heavy atom. The number of rotatable bonds is 7. The predicted octanol–water partition coefficient (Wildman–Crippen LogP) is 4.81. The van der Waals surface area contributed by atoms with E-state index < -0.39 is 11.7 Å². The van der Waals surface area contributed by atoms with Crippen LogP contribution in [0.4, 0.5) is 18.9 Å². The molecule has 6 nitrogen and oxygen atoms in total. The molecule has 0 amide bonds. The first-order chi connectivity index (χ1) is 15.2. The van der Waals surface area contributed by atoms with Crippen molar-refractivity contribution in [3.8, 4) is 5.69 Å². The molecule has 0 bridgehead atoms. The molecule has 0 aliphatic heterocycles. The molecule has 0 atom stereocenters. The van der Waals surface area contributed by atoms with Gasteiger partial charge in [-0.05, 0) is 61.9 Å². The summed E-state index contributed by atoms with van der Waals surface area (Å²) in [6.45, 7) is 4.35. The number of esters is 1. The van der Waals surface area contributed by atoms with Gasteiger partial charge in [0.15, 0.2) is 0 Å². The minimum Gasteiger partial charge on any atom is -0.463 e. The summed E-state index contributed by atoms with van der Waals surface area (Å²) in [5, 5.41) is 8.78. The summed E-state index contributed by atoms with van der Waals surface area (Å²) in [5.74, 6) is -0.389. The molecule has 168 valence electrons. The molecule has 3 aromatic rings. The maximum atomic E-state index is 12.8. The molecular weight excluding hydrogens is 421 g/mol. The van der Waals surface area contributed by atoms with E-state index in [0.29, 0.717) is 30.2 Å². The molecule has 1 aromatic heterocycles. The van der Waals surface area contributed by atoms with E-state index in [1.54, 1.807) is 19.9 Å². The Morgan fingerprint density at radius 2 is 1.75 bits per heavy atom. The second-order valence-electron chi connectivity index (χ2n) is 7.10. The van der Waals surface area contributed by atoms with Crippen LogP contribution in [0.3, 0.4) is 0 Å². The van der Waals surface area contributed by atoms with Crippen LogP contribution >= 0.6 is 0 Å². The monoisotopic (exact) mass is 444 g/mol. The van der Waals surface area contributed by atoms with Gasteiger partial charge in [-0.3, -0.25) is 0 Å². The fourth-order valence-corrected chi connectivity index (χ4v) is 2.96. The zero-order valence-corrected chi connectivity index (χ0v) is 17.9. The van der Waals surface area contributed by atoms with E-state index >= 15 is 0 Å². The Morgan fingerprint density at radius 1 is 1.09 bits per heavy atom. The number of alkyl halides is 3. The van der Waals surface area contributed by atoms with Crippen molar-refractivity contribution in [1.82, 2.24) is 15.0 Å². The molecule has 3 rings (SSSR count). The third-order valence-electron chi connectivity index (χ3n) is 4.72. The first-order valence-corrected chi connectivity index (χ1v) is 9.94. The van der Waals surface area contributed by atoms with Gasteiger partial charge in [-0.1, -0.05) is 12.1 Å². The lowest BCUT2D eigenvalue weighted by molar-refractivity contribution is -0.138. The maximum absolute atomic E-state index is 12.8. The fraction of sp³-hybridized carbons (Fsp3) is 0.261. The van der Waals surface area contributed by atoms with E-state index in [1.807, 2.05) is 36.2 Å². The molecule has 0 aliphatic carbocycles. The number of hydrogen-bond donors (Lipinski definition) is 0. The molecule has 0 saturated heterocycles. The van der Waals surface area contributed by atoms with Crippen molar-refractivity contribution in [1.29, 1.82) is 0 Å². The topological polar surface area (TPSA) is 60.2 Å². The number of hydrogen-bond acceptors (Lipinski definition) is 5. The number of nitrogens with zero attached hydrogens (tertiary/aromatic N) is 4. The van der Waals surface area contributed by atoms with Gasteiger partial charge in [0.1, 0.15) is 5.69 Å². The van der Waals surface area contributed by atoms with Crippen LogP contribution in [0.5, 0.6) is 0 Å². The van der Waals surface area contributed by atoms with Crippen LogP contribution in [0, 0.1) is 6.92 Å². The Bertz CT molecular complexity index is 1090. The van der Waals surface area contributed by atoms with E-state index in [-0.39, 0.29) is 5.97 Å². The van der Waals surface area contributed by atoms with E-state index in [0.717, 1.165) is 23.4 Å². The smallest absolute Gasteiger partial charge is 0.416 e. The Hall–Kier alpha value is -3.62. The first kappa shape index (κ1) is 23.1. The molecule has 9 heteroatoms. The zero-order valence-electron chi connectivity index (χ0n) is 17.9. The van der Waals surface area contributed by atoms with Gasteiger partial charge in [-0.15, -0.1) is 0 Å². The summed E-state index contributed by atoms with van der Waals surface area (Å²) < 4.78 is 43.1. The summed E-state index contributed by atoms with van der Waals surface area (Å²) in [7, 11) is 1.90. The molecule has 0 spiro atoms. The van der Waals surface area contributed by atoms with Crippen LogP contribution in [0.25, 0.3) is 11.8 Å². The third-order valence-corrected chi connectivity index (χ3v) is 4.72. The number of carbonyl (C=O) groups excluding carboxylic acids is 1. The molecule has 1 heterocycles. The van der Waals surface area contributed by atoms with E-state index in [1.165, 1.54) is 23.0 Å². The highest BCUT2D eigenvalue weighted by molar-refractivity contribution is 5.87. The van der Waals surface area contributed by atoms with Crippen molar-refractivity contribution in [3.63, 3.8) is 0 Å². The number of ether oxygens (including phenoxy) is 1. The summed E-state index contributed by atoms with van der Waals surface area (Å²) in [5.41, 5.74) is 2.92. The van der Waals surface area contributed by atoms with Gasteiger partial charge in [0, 0.05) is 18.8 Å². The average Bonchev–Trinajstić information content (AvgIpc) is 3.12. The highest BCUT2D eigenvalue weighted by atomic mass is 19.4. The summed E-state index contributed by atoms with van der Waals surface area (Å²) >= 11 is 0. The number of carbonyl (C=O) groups is 1. The standard InChI is InChI=1S/C23H23F3N4O2/c1-4-32-22(31)14-7-17-5-10-19(11-6-17)29(3)15-21-16(2)27-30(28-21)20-12-8-18(9-13-20)23(24,25)26/h5-14H,4,15H2,1-3H3/b14-7+. The average molecular weight is 444 g/mol. The summed E-state index contributed by atoms with van der Waals surface area (Å²) in [6.07, 6.45) is -1.32.